The zero-order valence-electron chi connectivity index (χ0n) is 32.8. The van der Waals surface area contributed by atoms with E-state index in [-0.39, 0.29) is 20.1 Å². The second kappa shape index (κ2) is 16.0. The fourth-order valence-corrected chi connectivity index (χ4v) is 9.00. The third-order valence-electron chi connectivity index (χ3n) is 10.0. The summed E-state index contributed by atoms with van der Waals surface area (Å²) in [6.07, 6.45) is 2.09. The molecule has 0 N–H and O–H groups in total. The van der Waals surface area contributed by atoms with Gasteiger partial charge in [0.05, 0.1) is 30.5 Å². The number of para-hydroxylation sites is 4. The Morgan fingerprint density at radius 3 is 2.00 bits per heavy atom. The molecule has 5 aromatic carbocycles. The molecule has 0 fully saturated rings. The molecule has 0 spiro atoms. The van der Waals surface area contributed by atoms with Gasteiger partial charge in [-0.15, -0.1) is 54.1 Å². The second-order valence-electron chi connectivity index (χ2n) is 15.9. The Kier molecular flexibility index (Phi) is 11.6. The number of nitrogens with zero attached hydrogens (tertiary/aromatic N) is 3. The van der Waals surface area contributed by atoms with E-state index >= 15 is 0 Å². The van der Waals surface area contributed by atoms with Crippen LogP contribution in [0.15, 0.2) is 120 Å². The summed E-state index contributed by atoms with van der Waals surface area (Å²) in [7, 11) is -1.34. The van der Waals surface area contributed by atoms with Crippen molar-refractivity contribution in [3.63, 3.8) is 0 Å². The summed E-state index contributed by atoms with van der Waals surface area (Å²) >= 11 is 0. The Morgan fingerprint density at radius 2 is 1.33 bits per heavy atom. The minimum atomic E-state index is -1.34. The average molecular weight is 904 g/mol. The van der Waals surface area contributed by atoms with Crippen LogP contribution in [0, 0.1) is 12.1 Å². The average Bonchev–Trinajstić information content (AvgIpc) is 3.73. The van der Waals surface area contributed by atoms with E-state index in [2.05, 4.69) is 156 Å². The first-order valence-electron chi connectivity index (χ1n) is 18.8. The van der Waals surface area contributed by atoms with E-state index in [1.807, 2.05) is 42.5 Å². The van der Waals surface area contributed by atoms with Crippen molar-refractivity contribution >= 4 is 46.2 Å². The smallest absolute Gasteiger partial charge is 0.120 e. The van der Waals surface area contributed by atoms with Crippen LogP contribution in [-0.4, -0.2) is 22.6 Å². The van der Waals surface area contributed by atoms with Crippen LogP contribution in [0.5, 0.6) is 0 Å². The third-order valence-corrected chi connectivity index (χ3v) is 12.1. The van der Waals surface area contributed by atoms with E-state index in [9.17, 15) is 0 Å². The minimum absolute atomic E-state index is 0. The molecule has 3 aromatic heterocycles. The third kappa shape index (κ3) is 7.53. The van der Waals surface area contributed by atoms with E-state index in [0.29, 0.717) is 17.8 Å². The van der Waals surface area contributed by atoms with Crippen LogP contribution in [0.25, 0.3) is 61.3 Å². The maximum Gasteiger partial charge on any atom is 0.120 e. The molecule has 54 heavy (non-hydrogen) atoms. The Bertz CT molecular complexity index is 2510. The number of furan rings is 1. The first kappa shape index (κ1) is 39.1. The molecule has 8 rings (SSSR count). The van der Waals surface area contributed by atoms with Crippen LogP contribution in [0.4, 0.5) is 0 Å². The number of imidazole rings is 1. The summed E-state index contributed by atoms with van der Waals surface area (Å²) in [5.41, 5.74) is 12.1. The summed E-state index contributed by atoms with van der Waals surface area (Å²) in [4.78, 5) is 9.81. The van der Waals surface area contributed by atoms with E-state index in [1.54, 1.807) is 0 Å². The molecule has 6 heteroatoms. The van der Waals surface area contributed by atoms with Gasteiger partial charge in [-0.25, -0.2) is 0 Å². The van der Waals surface area contributed by atoms with Gasteiger partial charge in [-0.3, -0.25) is 4.98 Å². The molecule has 0 saturated heterocycles. The molecule has 3 heterocycles. The van der Waals surface area contributed by atoms with Crippen molar-refractivity contribution in [1.82, 2.24) is 14.5 Å². The van der Waals surface area contributed by atoms with Crippen molar-refractivity contribution in [3.8, 4) is 28.3 Å². The topological polar surface area (TPSA) is 43.9 Å². The van der Waals surface area contributed by atoms with Gasteiger partial charge in [-0.2, -0.15) is 0 Å². The van der Waals surface area contributed by atoms with E-state index in [4.69, 9.17) is 9.40 Å². The van der Waals surface area contributed by atoms with Crippen LogP contribution in [-0.2, 0) is 20.1 Å². The van der Waals surface area contributed by atoms with Gasteiger partial charge in [0, 0.05) is 37.4 Å². The standard InChI is InChI=1S/C31H27N2O.C17H22NSi.Ir/c1-19(2)21-12-9-13-22(20(3)4)29(21)33-27-17-7-6-16-26(27)32-31(33)25-15-10-14-24-23-11-5-8-18-28(23)34-30(24)25;1-13(2)15-11-16(14-9-7-6-8-10-14)18-12-17(15)19(3,4)5;/h5-14,16-20H,1-4H3;6-9,11-13H,1-5H3;/q2*-1;. The largest absolute Gasteiger partial charge is 0.501 e. The molecular weight excluding hydrogens is 855 g/mol. The van der Waals surface area contributed by atoms with Gasteiger partial charge in [-0.1, -0.05) is 132 Å². The molecule has 0 aliphatic carbocycles. The van der Waals surface area contributed by atoms with Gasteiger partial charge in [0.25, 0.3) is 0 Å². The molecule has 0 aliphatic rings. The van der Waals surface area contributed by atoms with E-state index < -0.39 is 8.07 Å². The fourth-order valence-electron chi connectivity index (χ4n) is 7.32. The molecular formula is C48H49IrN3OSi-2. The molecule has 0 unspecified atom stereocenters. The molecule has 0 saturated carbocycles. The monoisotopic (exact) mass is 904 g/mol. The zero-order chi connectivity index (χ0) is 37.4. The Morgan fingerprint density at radius 1 is 0.667 bits per heavy atom. The molecule has 0 bridgehead atoms. The Labute approximate surface area is 335 Å². The summed E-state index contributed by atoms with van der Waals surface area (Å²) in [5, 5.41) is 3.67. The van der Waals surface area contributed by atoms with Crippen LogP contribution >= 0.6 is 0 Å². The number of fused-ring (bicyclic) bond motifs is 4. The van der Waals surface area contributed by atoms with Gasteiger partial charge in [0.2, 0.25) is 0 Å². The van der Waals surface area contributed by atoms with E-state index in [1.165, 1.54) is 27.6 Å². The predicted molar refractivity (Wildman–Crippen MR) is 226 cm³/mol. The Balaban J connectivity index is 0.000000213. The summed E-state index contributed by atoms with van der Waals surface area (Å²) in [6, 6.07) is 44.3. The fraction of sp³-hybridized carbons (Fsp3) is 0.250. The van der Waals surface area contributed by atoms with Gasteiger partial charge >= 0.3 is 0 Å². The zero-order valence-corrected chi connectivity index (χ0v) is 36.2. The maximum absolute atomic E-state index is 6.40. The van der Waals surface area contributed by atoms with Crippen molar-refractivity contribution in [2.75, 3.05) is 0 Å². The minimum Gasteiger partial charge on any atom is -0.501 e. The number of benzene rings is 5. The molecule has 4 nitrogen and oxygen atoms in total. The maximum atomic E-state index is 6.40. The summed E-state index contributed by atoms with van der Waals surface area (Å²) < 4.78 is 8.73. The van der Waals surface area contributed by atoms with Crippen LogP contribution in [0.1, 0.15) is 76.0 Å². The predicted octanol–water partition coefficient (Wildman–Crippen LogP) is 12.9. The van der Waals surface area contributed by atoms with Crippen molar-refractivity contribution in [2.45, 2.75) is 78.9 Å². The molecule has 0 aliphatic heterocycles. The van der Waals surface area contributed by atoms with Crippen molar-refractivity contribution < 1.29 is 24.5 Å². The van der Waals surface area contributed by atoms with Crippen molar-refractivity contribution in [2.24, 2.45) is 0 Å². The molecule has 0 atom stereocenters. The van der Waals surface area contributed by atoms with Gasteiger partial charge in [0.15, 0.2) is 0 Å². The molecule has 8 aromatic rings. The number of hydrogen-bond acceptors (Lipinski definition) is 3. The second-order valence-corrected chi connectivity index (χ2v) is 20.9. The van der Waals surface area contributed by atoms with Crippen LogP contribution in [0.2, 0.25) is 19.6 Å². The van der Waals surface area contributed by atoms with Crippen LogP contribution < -0.4 is 5.19 Å². The van der Waals surface area contributed by atoms with Crippen LogP contribution in [0.3, 0.4) is 0 Å². The quantitative estimate of drug-likeness (QED) is 0.118. The first-order chi connectivity index (χ1) is 25.4. The molecule has 0 amide bonds. The van der Waals surface area contributed by atoms with Gasteiger partial charge in [-0.05, 0) is 58.0 Å². The van der Waals surface area contributed by atoms with Crippen molar-refractivity contribution in [1.29, 1.82) is 0 Å². The number of pyridine rings is 1. The van der Waals surface area contributed by atoms with E-state index in [0.717, 1.165) is 55.6 Å². The number of rotatable bonds is 7. The number of hydrogen-bond donors (Lipinski definition) is 0. The summed E-state index contributed by atoms with van der Waals surface area (Å²) in [6.45, 7) is 20.7. The summed E-state index contributed by atoms with van der Waals surface area (Å²) in [5.74, 6) is 2.13. The SMILES string of the molecule is CC(C)c1cc(-c2[c-]cccc2)ncc1[Si](C)(C)C.CC(C)c1cccc(C(C)C)c1-n1c(-c2[c-]ccc3c2oc2ccccc23)nc2ccccc21.[Ir]. The van der Waals surface area contributed by atoms with Gasteiger partial charge < -0.3 is 14.0 Å². The van der Waals surface area contributed by atoms with Crippen molar-refractivity contribution in [3.05, 3.63) is 144 Å². The normalized spacial score (nSPS) is 11.8. The molecule has 277 valence electrons. The van der Waals surface area contributed by atoms with Gasteiger partial charge in [0.1, 0.15) is 5.58 Å². The number of aromatic nitrogens is 3. The first-order valence-corrected chi connectivity index (χ1v) is 22.3. The molecule has 1 radical (unpaired) electrons. The Hall–Kier alpha value is -4.61.